The van der Waals surface area contributed by atoms with Gasteiger partial charge < -0.3 is 10.6 Å². The van der Waals surface area contributed by atoms with Crippen molar-refractivity contribution in [1.29, 1.82) is 0 Å². The molecule has 0 atom stereocenters. The largest absolute Gasteiger partial charge is 0.320 e. The molecule has 1 aliphatic rings. The molecule has 1 amide bonds. The Balaban J connectivity index is 2.35. The van der Waals surface area contributed by atoms with E-state index < -0.39 is 0 Å². The molecule has 1 aliphatic heterocycles. The van der Waals surface area contributed by atoms with E-state index in [9.17, 15) is 4.79 Å². The average molecular weight is 249 g/mol. The molecule has 0 radical (unpaired) electrons. The number of amides is 1. The van der Waals surface area contributed by atoms with E-state index in [1.807, 2.05) is 12.1 Å². The van der Waals surface area contributed by atoms with Crippen LogP contribution >= 0.6 is 11.6 Å². The fraction of sp³-hybridized carbons (Fsp3) is 0.308. The van der Waals surface area contributed by atoms with Crippen LogP contribution in [0, 0.1) is 11.8 Å². The predicted molar refractivity (Wildman–Crippen MR) is 69.0 cm³/mol. The fourth-order valence-electron chi connectivity index (χ4n) is 1.85. The standard InChI is InChI=1S/C13H13ClN2O/c14-11-6-5-10(3-1-7-15)9-12(11)16-8-2-4-13(16)17/h5-6,9H,2,4,7-8,15H2. The maximum absolute atomic E-state index is 11.7. The van der Waals surface area contributed by atoms with Crippen molar-refractivity contribution in [3.05, 3.63) is 28.8 Å². The van der Waals surface area contributed by atoms with Gasteiger partial charge in [0.2, 0.25) is 5.91 Å². The number of halogens is 1. The number of hydrogen-bond acceptors (Lipinski definition) is 2. The second kappa shape index (κ2) is 5.22. The molecule has 0 saturated carbocycles. The Morgan fingerprint density at radius 2 is 2.29 bits per heavy atom. The van der Waals surface area contributed by atoms with E-state index in [0.717, 1.165) is 24.2 Å². The molecule has 1 saturated heterocycles. The summed E-state index contributed by atoms with van der Waals surface area (Å²) in [6, 6.07) is 5.44. The van der Waals surface area contributed by atoms with Crippen LogP contribution in [0.15, 0.2) is 18.2 Å². The maximum Gasteiger partial charge on any atom is 0.227 e. The van der Waals surface area contributed by atoms with Gasteiger partial charge in [0, 0.05) is 18.5 Å². The lowest BCUT2D eigenvalue weighted by Gasteiger charge is -2.17. The summed E-state index contributed by atoms with van der Waals surface area (Å²) in [6.45, 7) is 1.05. The Morgan fingerprint density at radius 1 is 1.47 bits per heavy atom. The van der Waals surface area contributed by atoms with Crippen LogP contribution in [0.25, 0.3) is 0 Å². The zero-order chi connectivity index (χ0) is 12.3. The molecule has 88 valence electrons. The van der Waals surface area contributed by atoms with Gasteiger partial charge in [-0.05, 0) is 24.6 Å². The third-order valence-electron chi connectivity index (χ3n) is 2.65. The van der Waals surface area contributed by atoms with Gasteiger partial charge in [-0.2, -0.15) is 0 Å². The summed E-state index contributed by atoms with van der Waals surface area (Å²) < 4.78 is 0. The lowest BCUT2D eigenvalue weighted by molar-refractivity contribution is -0.117. The van der Waals surface area contributed by atoms with Crippen molar-refractivity contribution in [1.82, 2.24) is 0 Å². The fourth-order valence-corrected chi connectivity index (χ4v) is 2.07. The topological polar surface area (TPSA) is 46.3 Å². The zero-order valence-electron chi connectivity index (χ0n) is 9.37. The summed E-state index contributed by atoms with van der Waals surface area (Å²) in [5, 5.41) is 0.582. The van der Waals surface area contributed by atoms with Gasteiger partial charge in [0.05, 0.1) is 17.3 Å². The van der Waals surface area contributed by atoms with Crippen LogP contribution in [-0.2, 0) is 4.79 Å². The number of nitrogens with zero attached hydrogens (tertiary/aromatic N) is 1. The first-order valence-electron chi connectivity index (χ1n) is 5.51. The third-order valence-corrected chi connectivity index (χ3v) is 2.96. The number of anilines is 1. The summed E-state index contributed by atoms with van der Waals surface area (Å²) in [5.74, 6) is 5.84. The molecule has 1 fully saturated rings. The van der Waals surface area contributed by atoms with Crippen LogP contribution in [0.4, 0.5) is 5.69 Å². The first-order chi connectivity index (χ1) is 8.22. The summed E-state index contributed by atoms with van der Waals surface area (Å²) in [6.07, 6.45) is 1.48. The first-order valence-corrected chi connectivity index (χ1v) is 5.89. The second-order valence-corrected chi connectivity index (χ2v) is 4.23. The Labute approximate surface area is 106 Å². The van der Waals surface area contributed by atoms with Gasteiger partial charge in [-0.3, -0.25) is 4.79 Å². The van der Waals surface area contributed by atoms with Gasteiger partial charge in [-0.1, -0.05) is 23.4 Å². The van der Waals surface area contributed by atoms with Crippen LogP contribution in [0.1, 0.15) is 18.4 Å². The number of carbonyl (C=O) groups is 1. The van der Waals surface area contributed by atoms with E-state index in [-0.39, 0.29) is 5.91 Å². The Morgan fingerprint density at radius 3 is 2.94 bits per heavy atom. The van der Waals surface area contributed by atoms with Crippen LogP contribution < -0.4 is 10.6 Å². The summed E-state index contributed by atoms with van der Waals surface area (Å²) >= 11 is 6.11. The molecule has 0 aromatic heterocycles. The van der Waals surface area contributed by atoms with Crippen LogP contribution in [0.2, 0.25) is 5.02 Å². The number of carbonyl (C=O) groups excluding carboxylic acids is 1. The number of nitrogens with two attached hydrogens (primary N) is 1. The van der Waals surface area contributed by atoms with Crippen LogP contribution in [0.5, 0.6) is 0 Å². The summed E-state index contributed by atoms with van der Waals surface area (Å²) in [7, 11) is 0. The third kappa shape index (κ3) is 2.60. The molecule has 17 heavy (non-hydrogen) atoms. The highest BCUT2D eigenvalue weighted by molar-refractivity contribution is 6.33. The molecule has 1 aromatic rings. The minimum Gasteiger partial charge on any atom is -0.320 e. The summed E-state index contributed by atoms with van der Waals surface area (Å²) in [4.78, 5) is 13.4. The number of rotatable bonds is 1. The highest BCUT2D eigenvalue weighted by Crippen LogP contribution is 2.30. The Hall–Kier alpha value is -1.50. The Bertz CT molecular complexity index is 502. The lowest BCUT2D eigenvalue weighted by Crippen LogP contribution is -2.24. The molecule has 0 spiro atoms. The number of hydrogen-bond donors (Lipinski definition) is 1. The Kier molecular flexibility index (Phi) is 3.68. The van der Waals surface area contributed by atoms with Crippen molar-refractivity contribution < 1.29 is 4.79 Å². The predicted octanol–water partition coefficient (Wildman–Crippen LogP) is 1.78. The van der Waals surface area contributed by atoms with Crippen molar-refractivity contribution in [2.45, 2.75) is 12.8 Å². The first kappa shape index (κ1) is 12.0. The average Bonchev–Trinajstić information content (AvgIpc) is 2.74. The summed E-state index contributed by atoms with van der Waals surface area (Å²) in [5.41, 5.74) is 6.90. The zero-order valence-corrected chi connectivity index (χ0v) is 10.1. The molecule has 0 unspecified atom stereocenters. The van der Waals surface area contributed by atoms with E-state index in [0.29, 0.717) is 18.0 Å². The molecule has 2 N–H and O–H groups in total. The van der Waals surface area contributed by atoms with E-state index >= 15 is 0 Å². The van der Waals surface area contributed by atoms with Crippen molar-refractivity contribution in [3.8, 4) is 11.8 Å². The lowest BCUT2D eigenvalue weighted by atomic mass is 10.2. The molecule has 1 aromatic carbocycles. The minimum atomic E-state index is 0.121. The molecular formula is C13H13ClN2O. The van der Waals surface area contributed by atoms with Gasteiger partial charge in [0.15, 0.2) is 0 Å². The van der Waals surface area contributed by atoms with E-state index in [1.165, 1.54) is 0 Å². The minimum absolute atomic E-state index is 0.121. The molecular weight excluding hydrogens is 236 g/mol. The van der Waals surface area contributed by atoms with Crippen molar-refractivity contribution in [3.63, 3.8) is 0 Å². The molecule has 2 rings (SSSR count). The van der Waals surface area contributed by atoms with Crippen molar-refractivity contribution >= 4 is 23.2 Å². The van der Waals surface area contributed by atoms with E-state index in [4.69, 9.17) is 17.3 Å². The highest BCUT2D eigenvalue weighted by atomic mass is 35.5. The highest BCUT2D eigenvalue weighted by Gasteiger charge is 2.23. The van der Waals surface area contributed by atoms with Gasteiger partial charge in [0.25, 0.3) is 0 Å². The van der Waals surface area contributed by atoms with Gasteiger partial charge in [-0.25, -0.2) is 0 Å². The molecule has 1 heterocycles. The quantitative estimate of drug-likeness (QED) is 0.770. The number of benzene rings is 1. The molecule has 4 heteroatoms. The van der Waals surface area contributed by atoms with Gasteiger partial charge >= 0.3 is 0 Å². The molecule has 3 nitrogen and oxygen atoms in total. The van der Waals surface area contributed by atoms with Crippen LogP contribution in [0.3, 0.4) is 0 Å². The van der Waals surface area contributed by atoms with Gasteiger partial charge in [0.1, 0.15) is 0 Å². The van der Waals surface area contributed by atoms with Crippen molar-refractivity contribution in [2.75, 3.05) is 18.0 Å². The normalized spacial score (nSPS) is 14.7. The molecule has 0 aliphatic carbocycles. The van der Waals surface area contributed by atoms with E-state index in [2.05, 4.69) is 11.8 Å². The van der Waals surface area contributed by atoms with E-state index in [1.54, 1.807) is 11.0 Å². The van der Waals surface area contributed by atoms with Gasteiger partial charge in [-0.15, -0.1) is 0 Å². The monoisotopic (exact) mass is 248 g/mol. The maximum atomic E-state index is 11.7. The second-order valence-electron chi connectivity index (χ2n) is 3.82. The van der Waals surface area contributed by atoms with Crippen LogP contribution in [-0.4, -0.2) is 19.0 Å². The van der Waals surface area contributed by atoms with Crippen molar-refractivity contribution in [2.24, 2.45) is 5.73 Å². The molecule has 0 bridgehead atoms. The SMILES string of the molecule is NCC#Cc1ccc(Cl)c(N2CCCC2=O)c1. The smallest absolute Gasteiger partial charge is 0.227 e.